The highest BCUT2D eigenvalue weighted by Gasteiger charge is 2.19. The third kappa shape index (κ3) is 3.50. The SMILES string of the molecule is O=C(/C=C/c1ccncc1)c1c(-c2ccccc2)c2cc(Cl)ccc2[nH]c1=O. The van der Waals surface area contributed by atoms with Crippen LogP contribution in [0.1, 0.15) is 15.9 Å². The number of allylic oxidation sites excluding steroid dienone is 1. The van der Waals surface area contributed by atoms with E-state index < -0.39 is 5.56 Å². The summed E-state index contributed by atoms with van der Waals surface area (Å²) in [6.07, 6.45) is 6.36. The van der Waals surface area contributed by atoms with Gasteiger partial charge in [0.1, 0.15) is 0 Å². The average Bonchev–Trinajstić information content (AvgIpc) is 2.73. The Hall–Kier alpha value is -3.50. The molecule has 4 rings (SSSR count). The van der Waals surface area contributed by atoms with E-state index in [0.717, 1.165) is 16.5 Å². The van der Waals surface area contributed by atoms with Gasteiger partial charge in [-0.15, -0.1) is 0 Å². The lowest BCUT2D eigenvalue weighted by Gasteiger charge is -2.11. The number of aromatic amines is 1. The van der Waals surface area contributed by atoms with E-state index in [1.165, 1.54) is 6.08 Å². The van der Waals surface area contributed by atoms with Crippen molar-refractivity contribution >= 4 is 34.4 Å². The molecule has 0 saturated carbocycles. The first kappa shape index (κ1) is 17.9. The number of H-pyrrole nitrogens is 1. The van der Waals surface area contributed by atoms with Gasteiger partial charge in [0.25, 0.3) is 5.56 Å². The van der Waals surface area contributed by atoms with Crippen molar-refractivity contribution in [1.29, 1.82) is 0 Å². The predicted molar refractivity (Wildman–Crippen MR) is 113 cm³/mol. The summed E-state index contributed by atoms with van der Waals surface area (Å²) >= 11 is 6.19. The molecule has 5 heteroatoms. The van der Waals surface area contributed by atoms with Crippen LogP contribution in [0.15, 0.2) is 83.9 Å². The second-order valence-corrected chi connectivity index (χ2v) is 6.67. The molecule has 28 heavy (non-hydrogen) atoms. The molecule has 0 aliphatic carbocycles. The number of halogens is 1. The Labute approximate surface area is 166 Å². The first-order chi connectivity index (χ1) is 13.6. The van der Waals surface area contributed by atoms with E-state index in [9.17, 15) is 9.59 Å². The maximum absolute atomic E-state index is 13.0. The predicted octanol–water partition coefficient (Wildman–Crippen LogP) is 5.14. The second kappa shape index (κ2) is 7.62. The molecule has 0 bridgehead atoms. The number of nitrogens with one attached hydrogen (secondary N) is 1. The number of hydrogen-bond donors (Lipinski definition) is 1. The molecule has 0 radical (unpaired) electrons. The van der Waals surface area contributed by atoms with Gasteiger partial charge in [-0.1, -0.05) is 48.0 Å². The van der Waals surface area contributed by atoms with Crippen LogP contribution in [0.2, 0.25) is 5.02 Å². The maximum atomic E-state index is 13.0. The van der Waals surface area contributed by atoms with Gasteiger partial charge in [-0.05, 0) is 47.5 Å². The van der Waals surface area contributed by atoms with Crippen LogP contribution >= 0.6 is 11.6 Å². The lowest BCUT2D eigenvalue weighted by Crippen LogP contribution is -2.18. The Morgan fingerprint density at radius 1 is 1.00 bits per heavy atom. The highest BCUT2D eigenvalue weighted by molar-refractivity contribution is 6.31. The van der Waals surface area contributed by atoms with E-state index in [1.807, 2.05) is 30.3 Å². The van der Waals surface area contributed by atoms with Crippen molar-refractivity contribution < 1.29 is 4.79 Å². The second-order valence-electron chi connectivity index (χ2n) is 6.24. The van der Waals surface area contributed by atoms with Crippen LogP contribution in [0.25, 0.3) is 28.1 Å². The number of carbonyl (C=O) groups excluding carboxylic acids is 1. The Morgan fingerprint density at radius 3 is 2.50 bits per heavy atom. The van der Waals surface area contributed by atoms with Crippen molar-refractivity contribution in [3.05, 3.63) is 106 Å². The Bertz CT molecular complexity index is 1250. The fraction of sp³-hybridized carbons (Fsp3) is 0. The molecule has 2 heterocycles. The average molecular weight is 387 g/mol. The molecule has 4 nitrogen and oxygen atoms in total. The molecular formula is C23H15ClN2O2. The van der Waals surface area contributed by atoms with Crippen molar-refractivity contribution in [3.8, 4) is 11.1 Å². The molecule has 0 aliphatic heterocycles. The number of rotatable bonds is 4. The quantitative estimate of drug-likeness (QED) is 0.390. The normalized spacial score (nSPS) is 11.2. The summed E-state index contributed by atoms with van der Waals surface area (Å²) in [5.41, 5.74) is 2.46. The molecule has 2 aromatic heterocycles. The minimum absolute atomic E-state index is 0.0891. The van der Waals surface area contributed by atoms with Crippen molar-refractivity contribution in [3.63, 3.8) is 0 Å². The highest BCUT2D eigenvalue weighted by Crippen LogP contribution is 2.31. The van der Waals surface area contributed by atoms with Crippen molar-refractivity contribution in [1.82, 2.24) is 9.97 Å². The minimum atomic E-state index is -0.432. The van der Waals surface area contributed by atoms with Crippen molar-refractivity contribution in [2.24, 2.45) is 0 Å². The lowest BCUT2D eigenvalue weighted by molar-refractivity contribution is 0.104. The molecule has 0 amide bonds. The maximum Gasteiger partial charge on any atom is 0.260 e. The van der Waals surface area contributed by atoms with Crippen LogP contribution in [0.5, 0.6) is 0 Å². The van der Waals surface area contributed by atoms with Crippen LogP contribution in [0.3, 0.4) is 0 Å². The molecule has 0 fully saturated rings. The Kier molecular flexibility index (Phi) is 4.87. The van der Waals surface area contributed by atoms with E-state index in [1.54, 1.807) is 48.8 Å². The fourth-order valence-corrected chi connectivity index (χ4v) is 3.31. The first-order valence-electron chi connectivity index (χ1n) is 8.67. The van der Waals surface area contributed by atoms with Gasteiger partial charge in [0.15, 0.2) is 5.78 Å². The molecule has 0 unspecified atom stereocenters. The van der Waals surface area contributed by atoms with Gasteiger partial charge in [0.05, 0.1) is 5.56 Å². The zero-order valence-corrected chi connectivity index (χ0v) is 15.5. The van der Waals surface area contributed by atoms with E-state index in [4.69, 9.17) is 11.6 Å². The fourth-order valence-electron chi connectivity index (χ4n) is 3.13. The van der Waals surface area contributed by atoms with Crippen LogP contribution < -0.4 is 5.56 Å². The molecule has 0 spiro atoms. The van der Waals surface area contributed by atoms with Crippen molar-refractivity contribution in [2.45, 2.75) is 0 Å². The minimum Gasteiger partial charge on any atom is -0.321 e. The number of nitrogens with zero attached hydrogens (tertiary/aromatic N) is 1. The summed E-state index contributed by atoms with van der Waals surface area (Å²) < 4.78 is 0. The molecule has 136 valence electrons. The van der Waals surface area contributed by atoms with Gasteiger partial charge >= 0.3 is 0 Å². The Morgan fingerprint density at radius 2 is 1.75 bits per heavy atom. The largest absolute Gasteiger partial charge is 0.321 e. The summed E-state index contributed by atoms with van der Waals surface area (Å²) in [5.74, 6) is -0.376. The van der Waals surface area contributed by atoms with Gasteiger partial charge in [0, 0.05) is 33.9 Å². The smallest absolute Gasteiger partial charge is 0.260 e. The van der Waals surface area contributed by atoms with Gasteiger partial charge in [0.2, 0.25) is 0 Å². The van der Waals surface area contributed by atoms with Crippen molar-refractivity contribution in [2.75, 3.05) is 0 Å². The molecule has 0 atom stereocenters. The van der Waals surface area contributed by atoms with E-state index in [-0.39, 0.29) is 11.3 Å². The summed E-state index contributed by atoms with van der Waals surface area (Å²) in [6.45, 7) is 0. The summed E-state index contributed by atoms with van der Waals surface area (Å²) in [6, 6.07) is 18.2. The molecule has 1 N–H and O–H groups in total. The molecule has 0 saturated heterocycles. The summed E-state index contributed by atoms with van der Waals surface area (Å²) in [7, 11) is 0. The van der Waals surface area contributed by atoms with Crippen LogP contribution in [-0.2, 0) is 0 Å². The molecule has 4 aromatic rings. The Balaban J connectivity index is 1.95. The van der Waals surface area contributed by atoms with Gasteiger partial charge in [-0.25, -0.2) is 0 Å². The number of ketones is 1. The van der Waals surface area contributed by atoms with Crippen LogP contribution in [0, 0.1) is 0 Å². The monoisotopic (exact) mass is 386 g/mol. The standard InChI is InChI=1S/C23H15ClN2O2/c24-17-7-8-19-18(14-17)21(16-4-2-1-3-5-16)22(23(28)26-19)20(27)9-6-15-10-12-25-13-11-15/h1-14H,(H,26,28)/b9-6+. The molecular weight excluding hydrogens is 372 g/mol. The number of pyridine rings is 2. The summed E-state index contributed by atoms with van der Waals surface area (Å²) in [4.78, 5) is 32.6. The number of fused-ring (bicyclic) bond motifs is 1. The molecule has 0 aliphatic rings. The molecule has 2 aromatic carbocycles. The van der Waals surface area contributed by atoms with E-state index in [0.29, 0.717) is 16.1 Å². The number of hydrogen-bond acceptors (Lipinski definition) is 3. The number of benzene rings is 2. The van der Waals surface area contributed by atoms with Crippen LogP contribution in [0.4, 0.5) is 0 Å². The highest BCUT2D eigenvalue weighted by atomic mass is 35.5. The van der Waals surface area contributed by atoms with Gasteiger partial charge in [-0.2, -0.15) is 0 Å². The zero-order valence-electron chi connectivity index (χ0n) is 14.7. The van der Waals surface area contributed by atoms with E-state index in [2.05, 4.69) is 9.97 Å². The number of aromatic nitrogens is 2. The lowest BCUT2D eigenvalue weighted by atomic mass is 9.94. The third-order valence-electron chi connectivity index (χ3n) is 4.42. The summed E-state index contributed by atoms with van der Waals surface area (Å²) in [5, 5.41) is 1.25. The van der Waals surface area contributed by atoms with E-state index >= 15 is 0 Å². The topological polar surface area (TPSA) is 62.8 Å². The zero-order chi connectivity index (χ0) is 19.5. The number of carbonyl (C=O) groups is 1. The van der Waals surface area contributed by atoms with Gasteiger partial charge < -0.3 is 4.98 Å². The van der Waals surface area contributed by atoms with Gasteiger partial charge in [-0.3, -0.25) is 14.6 Å². The first-order valence-corrected chi connectivity index (χ1v) is 9.05. The van der Waals surface area contributed by atoms with Crippen LogP contribution in [-0.4, -0.2) is 15.8 Å². The third-order valence-corrected chi connectivity index (χ3v) is 4.65.